The number of carbonyl (C=O) groups is 2. The third kappa shape index (κ3) is 5.53. The molecule has 1 aromatic rings. The first-order valence-electron chi connectivity index (χ1n) is 8.40. The van der Waals surface area contributed by atoms with Crippen LogP contribution in [0.4, 0.5) is 0 Å². The van der Waals surface area contributed by atoms with Gasteiger partial charge in [-0.05, 0) is 44.4 Å². The number of furan rings is 1. The molecule has 6 heteroatoms. The number of nitrogens with zero attached hydrogens (tertiary/aromatic N) is 1. The van der Waals surface area contributed by atoms with E-state index in [1.165, 1.54) is 6.08 Å². The fourth-order valence-corrected chi connectivity index (χ4v) is 2.74. The molecule has 0 radical (unpaired) electrons. The SMILES string of the molecule is COCCCNC(=O)C1CCN(C(=O)/C=C\c2ccc(C)o2)CC1. The van der Waals surface area contributed by atoms with Crippen LogP contribution in [0, 0.1) is 12.8 Å². The number of piperidine rings is 1. The van der Waals surface area contributed by atoms with Crippen molar-refractivity contribution in [3.05, 3.63) is 29.7 Å². The lowest BCUT2D eigenvalue weighted by Gasteiger charge is -2.30. The van der Waals surface area contributed by atoms with Gasteiger partial charge in [-0.15, -0.1) is 0 Å². The lowest BCUT2D eigenvalue weighted by atomic mass is 9.96. The van der Waals surface area contributed by atoms with Crippen molar-refractivity contribution >= 4 is 17.9 Å². The molecule has 2 heterocycles. The molecule has 1 saturated heterocycles. The van der Waals surface area contributed by atoms with Gasteiger partial charge < -0.3 is 19.4 Å². The normalized spacial score (nSPS) is 15.8. The number of hydrogen-bond donors (Lipinski definition) is 1. The number of likely N-dealkylation sites (tertiary alicyclic amines) is 1. The average Bonchev–Trinajstić information content (AvgIpc) is 3.02. The van der Waals surface area contributed by atoms with Crippen LogP contribution < -0.4 is 5.32 Å². The summed E-state index contributed by atoms with van der Waals surface area (Å²) in [4.78, 5) is 26.0. The number of rotatable bonds is 7. The molecule has 0 atom stereocenters. The van der Waals surface area contributed by atoms with Crippen LogP contribution in [0.1, 0.15) is 30.8 Å². The van der Waals surface area contributed by atoms with Crippen molar-refractivity contribution in [2.24, 2.45) is 5.92 Å². The Morgan fingerprint density at radius 2 is 2.12 bits per heavy atom. The first kappa shape index (κ1) is 18.3. The molecule has 0 bridgehead atoms. The van der Waals surface area contributed by atoms with E-state index in [0.29, 0.717) is 44.8 Å². The summed E-state index contributed by atoms with van der Waals surface area (Å²) in [5.41, 5.74) is 0. The second-order valence-electron chi connectivity index (χ2n) is 6.02. The summed E-state index contributed by atoms with van der Waals surface area (Å²) in [6.07, 6.45) is 5.44. The Morgan fingerprint density at radius 1 is 1.38 bits per heavy atom. The largest absolute Gasteiger partial charge is 0.462 e. The van der Waals surface area contributed by atoms with Crippen molar-refractivity contribution < 1.29 is 18.7 Å². The number of aryl methyl sites for hydroxylation is 1. The van der Waals surface area contributed by atoms with E-state index in [-0.39, 0.29) is 17.7 Å². The topological polar surface area (TPSA) is 71.8 Å². The molecule has 0 aliphatic carbocycles. The number of methoxy groups -OCH3 is 1. The number of hydrogen-bond acceptors (Lipinski definition) is 4. The predicted octanol–water partition coefficient (Wildman–Crippen LogP) is 1.99. The van der Waals surface area contributed by atoms with Gasteiger partial charge in [0.25, 0.3) is 0 Å². The number of nitrogens with one attached hydrogen (secondary N) is 1. The van der Waals surface area contributed by atoms with Gasteiger partial charge in [0.1, 0.15) is 11.5 Å². The first-order valence-corrected chi connectivity index (χ1v) is 8.40. The molecule has 2 rings (SSSR count). The number of carbonyl (C=O) groups excluding carboxylic acids is 2. The highest BCUT2D eigenvalue weighted by molar-refractivity contribution is 5.91. The lowest BCUT2D eigenvalue weighted by Crippen LogP contribution is -2.42. The summed E-state index contributed by atoms with van der Waals surface area (Å²) in [5, 5.41) is 2.93. The Bertz CT molecular complexity index is 571. The van der Waals surface area contributed by atoms with Gasteiger partial charge in [-0.1, -0.05) is 0 Å². The van der Waals surface area contributed by atoms with Crippen LogP contribution in [0.3, 0.4) is 0 Å². The van der Waals surface area contributed by atoms with E-state index < -0.39 is 0 Å². The number of ether oxygens (including phenoxy) is 1. The highest BCUT2D eigenvalue weighted by Gasteiger charge is 2.26. The molecule has 1 aromatic heterocycles. The minimum atomic E-state index is -0.0389. The summed E-state index contributed by atoms with van der Waals surface area (Å²) in [5.74, 6) is 1.53. The van der Waals surface area contributed by atoms with Crippen molar-refractivity contribution in [1.29, 1.82) is 0 Å². The summed E-state index contributed by atoms with van der Waals surface area (Å²) in [6, 6.07) is 3.69. The maximum absolute atomic E-state index is 12.2. The zero-order valence-corrected chi connectivity index (χ0v) is 14.4. The van der Waals surface area contributed by atoms with Gasteiger partial charge in [0.05, 0.1) is 0 Å². The molecule has 1 aliphatic heterocycles. The molecular formula is C18H26N2O4. The Labute approximate surface area is 142 Å². The minimum Gasteiger partial charge on any atom is -0.462 e. The zero-order chi connectivity index (χ0) is 17.4. The molecule has 6 nitrogen and oxygen atoms in total. The van der Waals surface area contributed by atoms with Crippen molar-refractivity contribution in [3.8, 4) is 0 Å². The van der Waals surface area contributed by atoms with Crippen molar-refractivity contribution in [1.82, 2.24) is 10.2 Å². The monoisotopic (exact) mass is 334 g/mol. The van der Waals surface area contributed by atoms with Gasteiger partial charge in [-0.2, -0.15) is 0 Å². The summed E-state index contributed by atoms with van der Waals surface area (Å²) >= 11 is 0. The van der Waals surface area contributed by atoms with E-state index >= 15 is 0 Å². The van der Waals surface area contributed by atoms with E-state index in [4.69, 9.17) is 9.15 Å². The first-order chi connectivity index (χ1) is 11.6. The smallest absolute Gasteiger partial charge is 0.246 e. The molecule has 1 aliphatic rings. The highest BCUT2D eigenvalue weighted by Crippen LogP contribution is 2.18. The standard InChI is InChI=1S/C18H26N2O4/c1-14-4-5-16(24-14)6-7-17(21)20-11-8-15(9-12-20)18(22)19-10-3-13-23-2/h4-7,15H,3,8-13H2,1-2H3,(H,19,22)/b7-6-. The number of amides is 2. The second kappa shape index (κ2) is 9.27. The third-order valence-electron chi connectivity index (χ3n) is 4.15. The molecule has 0 saturated carbocycles. The van der Waals surface area contributed by atoms with Crippen molar-refractivity contribution in [2.75, 3.05) is 33.4 Å². The van der Waals surface area contributed by atoms with Gasteiger partial charge in [0.2, 0.25) is 11.8 Å². The molecule has 1 N–H and O–H groups in total. The van der Waals surface area contributed by atoms with Crippen LogP contribution in [0.15, 0.2) is 22.6 Å². The molecular weight excluding hydrogens is 308 g/mol. The highest BCUT2D eigenvalue weighted by atomic mass is 16.5. The molecule has 132 valence electrons. The van der Waals surface area contributed by atoms with Crippen LogP contribution in [-0.2, 0) is 14.3 Å². The summed E-state index contributed by atoms with van der Waals surface area (Å²) in [7, 11) is 1.65. The van der Waals surface area contributed by atoms with Crippen molar-refractivity contribution in [2.45, 2.75) is 26.2 Å². The Kier molecular flexibility index (Phi) is 7.06. The van der Waals surface area contributed by atoms with Gasteiger partial charge >= 0.3 is 0 Å². The van der Waals surface area contributed by atoms with Crippen LogP contribution in [-0.4, -0.2) is 50.1 Å². The molecule has 24 heavy (non-hydrogen) atoms. The van der Waals surface area contributed by atoms with E-state index in [9.17, 15) is 9.59 Å². The Hall–Kier alpha value is -2.08. The van der Waals surface area contributed by atoms with E-state index in [1.807, 2.05) is 19.1 Å². The maximum atomic E-state index is 12.2. The maximum Gasteiger partial charge on any atom is 0.246 e. The Balaban J connectivity index is 1.72. The summed E-state index contributed by atoms with van der Waals surface area (Å²) in [6.45, 7) is 4.36. The van der Waals surface area contributed by atoms with Gasteiger partial charge in [0, 0.05) is 45.3 Å². The fourth-order valence-electron chi connectivity index (χ4n) is 2.74. The Morgan fingerprint density at radius 3 is 2.75 bits per heavy atom. The van der Waals surface area contributed by atoms with Gasteiger partial charge in [-0.3, -0.25) is 9.59 Å². The minimum absolute atomic E-state index is 0.00621. The lowest BCUT2D eigenvalue weighted by molar-refractivity contribution is -0.132. The zero-order valence-electron chi connectivity index (χ0n) is 14.4. The molecule has 2 amide bonds. The van der Waals surface area contributed by atoms with E-state index in [1.54, 1.807) is 18.1 Å². The van der Waals surface area contributed by atoms with E-state index in [0.717, 1.165) is 12.2 Å². The average molecular weight is 334 g/mol. The molecule has 0 aromatic carbocycles. The van der Waals surface area contributed by atoms with Crippen molar-refractivity contribution in [3.63, 3.8) is 0 Å². The molecule has 0 spiro atoms. The van der Waals surface area contributed by atoms with Gasteiger partial charge in [0.15, 0.2) is 0 Å². The van der Waals surface area contributed by atoms with Crippen LogP contribution >= 0.6 is 0 Å². The van der Waals surface area contributed by atoms with Crippen LogP contribution in [0.5, 0.6) is 0 Å². The molecule has 1 fully saturated rings. The predicted molar refractivity (Wildman–Crippen MR) is 91.3 cm³/mol. The van der Waals surface area contributed by atoms with Crippen LogP contribution in [0.2, 0.25) is 0 Å². The summed E-state index contributed by atoms with van der Waals surface area (Å²) < 4.78 is 10.4. The fraction of sp³-hybridized carbons (Fsp3) is 0.556. The van der Waals surface area contributed by atoms with Crippen LogP contribution in [0.25, 0.3) is 6.08 Å². The van der Waals surface area contributed by atoms with E-state index in [2.05, 4.69) is 5.32 Å². The van der Waals surface area contributed by atoms with Gasteiger partial charge in [-0.25, -0.2) is 0 Å². The second-order valence-corrected chi connectivity index (χ2v) is 6.02. The molecule has 0 unspecified atom stereocenters. The third-order valence-corrected chi connectivity index (χ3v) is 4.15. The quantitative estimate of drug-likeness (QED) is 0.611.